The number of hydrogen-bond acceptors (Lipinski definition) is 3. The Morgan fingerprint density at radius 1 is 0.542 bits per heavy atom. The van der Waals surface area contributed by atoms with Crippen LogP contribution in [-0.2, 0) is 0 Å². The van der Waals surface area contributed by atoms with Crippen LogP contribution in [0.2, 0.25) is 0 Å². The van der Waals surface area contributed by atoms with E-state index >= 15 is 0 Å². The summed E-state index contributed by atoms with van der Waals surface area (Å²) in [5.74, 6) is 4.68. The molecule has 0 bridgehead atoms. The highest BCUT2D eigenvalue weighted by atomic mass is 15.5. The van der Waals surface area contributed by atoms with Crippen molar-refractivity contribution >= 4 is 0 Å². The lowest BCUT2D eigenvalue weighted by molar-refractivity contribution is -0.0921. The van der Waals surface area contributed by atoms with E-state index in [1.165, 1.54) is 17.8 Å². The third kappa shape index (κ3) is 4.16. The van der Waals surface area contributed by atoms with E-state index in [1.54, 1.807) is 57.8 Å². The Kier molecular flexibility index (Phi) is 7.16. The minimum atomic E-state index is 0. The molecule has 0 heterocycles. The van der Waals surface area contributed by atoms with Gasteiger partial charge in [-0.1, -0.05) is 32.1 Å². The Hall–Kier alpha value is -0.120. The van der Waals surface area contributed by atoms with Crippen molar-refractivity contribution in [3.8, 4) is 0 Å². The summed E-state index contributed by atoms with van der Waals surface area (Å²) in [4.78, 5) is 6.56. The number of fused-ring (bicyclic) bond motifs is 3. The first-order valence-corrected chi connectivity index (χ1v) is 10.3. The maximum Gasteiger partial charge on any atom is 0.126 e. The molecule has 0 radical (unpaired) electrons. The molecular weight excluding hydrogens is 294 g/mol. The van der Waals surface area contributed by atoms with Crippen LogP contribution in [0.4, 0.5) is 0 Å². The molecule has 24 heavy (non-hydrogen) atoms. The number of hydrogen-bond donors (Lipinski definition) is 0. The van der Waals surface area contributed by atoms with Gasteiger partial charge in [0.2, 0.25) is 0 Å². The molecule has 0 N–H and O–H groups in total. The Labute approximate surface area is 151 Å². The Balaban J connectivity index is 0.000000178. The first-order chi connectivity index (χ1) is 11.3. The van der Waals surface area contributed by atoms with Gasteiger partial charge in [0.1, 0.15) is 5.79 Å². The SMILES string of the molecule is C1CCC2C(C1)CCC1CCCC12.CN(C)C(C)(N(C)C)N(C)C. The summed E-state index contributed by atoms with van der Waals surface area (Å²) in [6.07, 6.45) is 14.2. The van der Waals surface area contributed by atoms with Gasteiger partial charge in [-0.3, -0.25) is 14.7 Å². The molecule has 4 unspecified atom stereocenters. The fraction of sp³-hybridized carbons (Fsp3) is 1.00. The van der Waals surface area contributed by atoms with Gasteiger partial charge in [-0.05, 0) is 98.6 Å². The predicted octanol–water partition coefficient (Wildman–Crippen LogP) is 4.35. The summed E-state index contributed by atoms with van der Waals surface area (Å²) < 4.78 is 0. The molecule has 3 aliphatic rings. The highest BCUT2D eigenvalue weighted by molar-refractivity contribution is 4.92. The molecule has 0 aromatic carbocycles. The lowest BCUT2D eigenvalue weighted by Crippen LogP contribution is -2.61. The average molecular weight is 338 g/mol. The van der Waals surface area contributed by atoms with Gasteiger partial charge in [-0.15, -0.1) is 0 Å². The maximum atomic E-state index is 2.19. The summed E-state index contributed by atoms with van der Waals surface area (Å²) in [5, 5.41) is 0. The summed E-state index contributed by atoms with van der Waals surface area (Å²) in [5.41, 5.74) is 0. The fourth-order valence-electron chi connectivity index (χ4n) is 5.77. The molecule has 0 aromatic rings. The highest BCUT2D eigenvalue weighted by Gasteiger charge is 2.41. The summed E-state index contributed by atoms with van der Waals surface area (Å²) >= 11 is 0. The topological polar surface area (TPSA) is 9.72 Å². The van der Waals surface area contributed by atoms with E-state index in [9.17, 15) is 0 Å². The fourth-order valence-corrected chi connectivity index (χ4v) is 5.77. The Morgan fingerprint density at radius 2 is 0.917 bits per heavy atom. The van der Waals surface area contributed by atoms with Crippen LogP contribution in [0, 0.1) is 23.7 Å². The van der Waals surface area contributed by atoms with Crippen molar-refractivity contribution in [2.24, 2.45) is 23.7 Å². The zero-order valence-corrected chi connectivity index (χ0v) is 17.5. The molecule has 0 aromatic heterocycles. The quantitative estimate of drug-likeness (QED) is 0.709. The second kappa shape index (κ2) is 8.51. The van der Waals surface area contributed by atoms with Crippen LogP contribution in [0.15, 0.2) is 0 Å². The molecule has 142 valence electrons. The van der Waals surface area contributed by atoms with Crippen molar-refractivity contribution < 1.29 is 0 Å². The van der Waals surface area contributed by atoms with Gasteiger partial charge in [-0.2, -0.15) is 0 Å². The van der Waals surface area contributed by atoms with Crippen LogP contribution in [0.1, 0.15) is 64.7 Å². The molecule has 4 atom stereocenters. The van der Waals surface area contributed by atoms with Gasteiger partial charge in [-0.25, -0.2) is 0 Å². The Bertz CT molecular complexity index is 356. The van der Waals surface area contributed by atoms with E-state index in [2.05, 4.69) is 63.9 Å². The first-order valence-electron chi connectivity index (χ1n) is 10.3. The smallest absolute Gasteiger partial charge is 0.126 e. The largest absolute Gasteiger partial charge is 0.279 e. The van der Waals surface area contributed by atoms with Gasteiger partial charge < -0.3 is 0 Å². The van der Waals surface area contributed by atoms with Crippen LogP contribution in [0.25, 0.3) is 0 Å². The minimum absolute atomic E-state index is 0. The summed E-state index contributed by atoms with van der Waals surface area (Å²) in [6, 6.07) is 0. The third-order valence-electron chi connectivity index (χ3n) is 7.69. The Morgan fingerprint density at radius 3 is 1.33 bits per heavy atom. The van der Waals surface area contributed by atoms with Crippen molar-refractivity contribution in [1.29, 1.82) is 0 Å². The van der Waals surface area contributed by atoms with Crippen LogP contribution < -0.4 is 0 Å². The second-order valence-corrected chi connectivity index (χ2v) is 9.29. The molecule has 3 heteroatoms. The van der Waals surface area contributed by atoms with Crippen LogP contribution in [0.3, 0.4) is 0 Å². The summed E-state index contributed by atoms with van der Waals surface area (Å²) in [6.45, 7) is 2.19. The van der Waals surface area contributed by atoms with E-state index in [0.717, 1.165) is 5.92 Å². The van der Waals surface area contributed by atoms with Gasteiger partial charge in [0.15, 0.2) is 0 Å². The van der Waals surface area contributed by atoms with E-state index in [0.29, 0.717) is 0 Å². The lowest BCUT2D eigenvalue weighted by Gasteiger charge is -2.47. The monoisotopic (exact) mass is 337 g/mol. The van der Waals surface area contributed by atoms with Crippen molar-refractivity contribution in [3.63, 3.8) is 0 Å². The minimum Gasteiger partial charge on any atom is -0.279 e. The molecule has 0 spiro atoms. The summed E-state index contributed by atoms with van der Waals surface area (Å²) in [7, 11) is 12.5. The normalized spacial score (nSPS) is 33.2. The highest BCUT2D eigenvalue weighted by Crippen LogP contribution is 2.52. The van der Waals surface area contributed by atoms with Crippen molar-refractivity contribution in [2.75, 3.05) is 42.3 Å². The van der Waals surface area contributed by atoms with Gasteiger partial charge in [0.05, 0.1) is 0 Å². The molecule has 3 fully saturated rings. The standard InChI is InChI=1S/C13H22.C8H21N3/c1-2-6-12-10(4-1)8-9-11-5-3-7-13(11)12;1-8(9(2)3,10(4)5)11(6)7/h10-13H,1-9H2;1-7H3. The van der Waals surface area contributed by atoms with Crippen molar-refractivity contribution in [2.45, 2.75) is 70.5 Å². The zero-order valence-electron chi connectivity index (χ0n) is 17.5. The van der Waals surface area contributed by atoms with E-state index in [-0.39, 0.29) is 5.79 Å². The maximum absolute atomic E-state index is 2.19. The van der Waals surface area contributed by atoms with Crippen LogP contribution in [0.5, 0.6) is 0 Å². The lowest BCUT2D eigenvalue weighted by atomic mass is 9.62. The molecule has 0 saturated heterocycles. The van der Waals surface area contributed by atoms with Gasteiger partial charge in [0.25, 0.3) is 0 Å². The average Bonchev–Trinajstić information content (AvgIpc) is 3.03. The number of rotatable bonds is 3. The van der Waals surface area contributed by atoms with Gasteiger partial charge >= 0.3 is 0 Å². The molecule has 3 aliphatic carbocycles. The van der Waals surface area contributed by atoms with Gasteiger partial charge in [0, 0.05) is 0 Å². The molecule has 0 amide bonds. The predicted molar refractivity (Wildman–Crippen MR) is 105 cm³/mol. The molecule has 3 nitrogen and oxygen atoms in total. The van der Waals surface area contributed by atoms with Crippen LogP contribution >= 0.6 is 0 Å². The second-order valence-electron chi connectivity index (χ2n) is 9.29. The molecule has 3 saturated carbocycles. The zero-order chi connectivity index (χ0) is 17.9. The van der Waals surface area contributed by atoms with E-state index in [4.69, 9.17) is 0 Å². The number of nitrogens with zero attached hydrogens (tertiary/aromatic N) is 3. The van der Waals surface area contributed by atoms with Crippen molar-refractivity contribution in [1.82, 2.24) is 14.7 Å². The molecule has 0 aliphatic heterocycles. The van der Waals surface area contributed by atoms with Crippen LogP contribution in [-0.4, -0.2) is 62.8 Å². The van der Waals surface area contributed by atoms with E-state index < -0.39 is 0 Å². The first kappa shape index (κ1) is 20.2. The van der Waals surface area contributed by atoms with E-state index in [1.807, 2.05) is 0 Å². The molecular formula is C21H43N3. The van der Waals surface area contributed by atoms with Crippen molar-refractivity contribution in [3.05, 3.63) is 0 Å². The molecule has 3 rings (SSSR count). The third-order valence-corrected chi connectivity index (χ3v) is 7.69.